The molecule has 0 atom stereocenters. The number of carbonyl (C=O) groups is 1. The lowest BCUT2D eigenvalue weighted by atomic mass is 10.2. The highest BCUT2D eigenvalue weighted by Gasteiger charge is 2.09. The monoisotopic (exact) mass is 470 g/mol. The maximum absolute atomic E-state index is 13.2. The first-order chi connectivity index (χ1) is 11.9. The third-order valence-corrected chi connectivity index (χ3v) is 4.60. The number of nitrogens with one attached hydrogen (secondary N) is 1. The van der Waals surface area contributed by atoms with Crippen molar-refractivity contribution in [3.63, 3.8) is 0 Å². The topological polar surface area (TPSA) is 63.6 Å². The summed E-state index contributed by atoms with van der Waals surface area (Å²) in [4.78, 5) is 11.1. The van der Waals surface area contributed by atoms with Gasteiger partial charge in [-0.1, -0.05) is 0 Å². The lowest BCUT2D eigenvalue weighted by Crippen LogP contribution is -2.06. The second-order valence-corrected chi connectivity index (χ2v) is 6.83. The van der Waals surface area contributed by atoms with Crippen molar-refractivity contribution < 1.29 is 13.6 Å². The van der Waals surface area contributed by atoms with Crippen LogP contribution in [0.5, 0.6) is 0 Å². The summed E-state index contributed by atoms with van der Waals surface area (Å²) in [5.41, 5.74) is 1.20. The fourth-order valence-corrected chi connectivity index (χ4v) is 2.93. The highest BCUT2D eigenvalue weighted by Crippen LogP contribution is 2.23. The lowest BCUT2D eigenvalue weighted by Gasteiger charge is -1.98. The summed E-state index contributed by atoms with van der Waals surface area (Å²) in [6.07, 6.45) is 3.18. The number of aromatic nitrogens is 4. The van der Waals surface area contributed by atoms with Gasteiger partial charge in [0.05, 0.1) is 32.4 Å². The maximum Gasteiger partial charge on any atom is 0.244 e. The molecule has 0 aliphatic heterocycles. The van der Waals surface area contributed by atoms with Crippen molar-refractivity contribution in [1.82, 2.24) is 20.0 Å². The summed E-state index contributed by atoms with van der Waals surface area (Å²) in [6.45, 7) is 1.38. The molecule has 0 aliphatic rings. The Bertz CT molecular complexity index is 1050. The number of nitrogens with zero attached hydrogens (tertiary/aromatic N) is 3. The molecule has 0 radical (unpaired) electrons. The molecule has 0 bridgehead atoms. The van der Waals surface area contributed by atoms with E-state index in [0.29, 0.717) is 20.0 Å². The minimum Gasteiger partial charge on any atom is -0.278 e. The van der Waals surface area contributed by atoms with E-state index < -0.39 is 5.82 Å². The fraction of sp³-hybridized carbons (Fsp3) is 0.0625. The number of H-pyrrole nitrogens is 1. The van der Waals surface area contributed by atoms with Gasteiger partial charge in [-0.25, -0.2) is 13.5 Å². The van der Waals surface area contributed by atoms with E-state index in [1.807, 2.05) is 0 Å². The third-order valence-electron chi connectivity index (χ3n) is 3.39. The van der Waals surface area contributed by atoms with E-state index in [0.717, 1.165) is 10.8 Å². The summed E-state index contributed by atoms with van der Waals surface area (Å²) in [7, 11) is 0. The molecule has 1 N–H and O–H groups in total. The molecular formula is C16H10Br2F2N4O. The maximum atomic E-state index is 13.2. The Kier molecular flexibility index (Phi) is 4.96. The highest BCUT2D eigenvalue weighted by molar-refractivity contribution is 9.10. The Labute approximate surface area is 157 Å². The van der Waals surface area contributed by atoms with Crippen LogP contribution >= 0.6 is 31.9 Å². The van der Waals surface area contributed by atoms with E-state index in [4.69, 9.17) is 0 Å². The first-order valence-corrected chi connectivity index (χ1v) is 8.57. The van der Waals surface area contributed by atoms with Gasteiger partial charge in [0.2, 0.25) is 5.91 Å². The molecule has 2 aromatic carbocycles. The number of aromatic amines is 1. The van der Waals surface area contributed by atoms with Crippen LogP contribution in [-0.2, 0) is 0 Å². The van der Waals surface area contributed by atoms with E-state index in [1.165, 1.54) is 29.9 Å². The standard InChI is InChI=1S/C9H6BrFN2O.C7H4BrFN2/c1-5(14)13-9-3-8(11)7(10)2-6(9)4-12-13;8-5-1-4-3-10-11-7(4)2-6(5)9/h2-4H,1H3;1-3H,(H,10,11). The zero-order valence-corrected chi connectivity index (χ0v) is 15.9. The molecular weight excluding hydrogens is 462 g/mol. The first-order valence-electron chi connectivity index (χ1n) is 6.98. The number of hydrogen-bond donors (Lipinski definition) is 1. The van der Waals surface area contributed by atoms with Gasteiger partial charge < -0.3 is 0 Å². The average molecular weight is 472 g/mol. The van der Waals surface area contributed by atoms with E-state index in [1.54, 1.807) is 18.3 Å². The lowest BCUT2D eigenvalue weighted by molar-refractivity contribution is 0.0927. The Balaban J connectivity index is 0.000000150. The zero-order valence-electron chi connectivity index (χ0n) is 12.7. The number of fused-ring (bicyclic) bond motifs is 2. The Morgan fingerprint density at radius 3 is 2.36 bits per heavy atom. The predicted molar refractivity (Wildman–Crippen MR) is 97.4 cm³/mol. The summed E-state index contributed by atoms with van der Waals surface area (Å²) in [5.74, 6) is -0.913. The number of halogens is 4. The van der Waals surface area contributed by atoms with Gasteiger partial charge in [0, 0.05) is 29.8 Å². The van der Waals surface area contributed by atoms with Gasteiger partial charge in [0.1, 0.15) is 11.6 Å². The Hall–Kier alpha value is -2.13. The molecule has 0 saturated carbocycles. The highest BCUT2D eigenvalue weighted by atomic mass is 79.9. The van der Waals surface area contributed by atoms with E-state index in [-0.39, 0.29) is 11.7 Å². The van der Waals surface area contributed by atoms with Gasteiger partial charge in [0.25, 0.3) is 0 Å². The fourth-order valence-electron chi connectivity index (χ4n) is 2.21. The minimum absolute atomic E-state index is 0.235. The smallest absolute Gasteiger partial charge is 0.244 e. The molecule has 5 nitrogen and oxygen atoms in total. The van der Waals surface area contributed by atoms with Crippen LogP contribution < -0.4 is 0 Å². The van der Waals surface area contributed by atoms with Crippen LogP contribution in [0.15, 0.2) is 45.6 Å². The summed E-state index contributed by atoms with van der Waals surface area (Å²) < 4.78 is 28.0. The van der Waals surface area contributed by atoms with Crippen LogP contribution in [-0.4, -0.2) is 25.9 Å². The van der Waals surface area contributed by atoms with Gasteiger partial charge in [-0.2, -0.15) is 10.2 Å². The number of rotatable bonds is 0. The van der Waals surface area contributed by atoms with E-state index in [9.17, 15) is 13.6 Å². The molecule has 0 unspecified atom stereocenters. The number of hydrogen-bond acceptors (Lipinski definition) is 3. The van der Waals surface area contributed by atoms with Crippen molar-refractivity contribution in [2.45, 2.75) is 6.92 Å². The Morgan fingerprint density at radius 1 is 1.04 bits per heavy atom. The molecule has 4 aromatic rings. The van der Waals surface area contributed by atoms with Crippen LogP contribution in [0, 0.1) is 11.6 Å². The zero-order chi connectivity index (χ0) is 18.1. The van der Waals surface area contributed by atoms with Crippen molar-refractivity contribution in [3.8, 4) is 0 Å². The molecule has 0 saturated heterocycles. The summed E-state index contributed by atoms with van der Waals surface area (Å²) >= 11 is 6.15. The van der Waals surface area contributed by atoms with Gasteiger partial charge in [-0.15, -0.1) is 0 Å². The van der Waals surface area contributed by atoms with Gasteiger partial charge in [-0.3, -0.25) is 9.89 Å². The van der Waals surface area contributed by atoms with Crippen molar-refractivity contribution in [3.05, 3.63) is 57.2 Å². The normalized spacial score (nSPS) is 10.8. The number of carbonyl (C=O) groups excluding carboxylic acids is 1. The van der Waals surface area contributed by atoms with Crippen LogP contribution in [0.2, 0.25) is 0 Å². The van der Waals surface area contributed by atoms with Crippen LogP contribution in [0.4, 0.5) is 8.78 Å². The van der Waals surface area contributed by atoms with Gasteiger partial charge >= 0.3 is 0 Å². The molecule has 2 aromatic heterocycles. The molecule has 0 fully saturated rings. The average Bonchev–Trinajstić information content (AvgIpc) is 3.15. The second kappa shape index (κ2) is 7.01. The van der Waals surface area contributed by atoms with Crippen LogP contribution in [0.25, 0.3) is 21.8 Å². The first kappa shape index (κ1) is 17.7. The molecule has 0 amide bonds. The van der Waals surface area contributed by atoms with Crippen molar-refractivity contribution >= 4 is 59.6 Å². The van der Waals surface area contributed by atoms with Crippen molar-refractivity contribution in [2.75, 3.05) is 0 Å². The molecule has 4 rings (SSSR count). The van der Waals surface area contributed by atoms with E-state index in [2.05, 4.69) is 47.2 Å². The van der Waals surface area contributed by atoms with Crippen LogP contribution in [0.3, 0.4) is 0 Å². The predicted octanol–water partition coefficient (Wildman–Crippen LogP) is 5.06. The second-order valence-electron chi connectivity index (χ2n) is 5.12. The third kappa shape index (κ3) is 3.62. The molecule has 0 aliphatic carbocycles. The molecule has 128 valence electrons. The van der Waals surface area contributed by atoms with Crippen molar-refractivity contribution in [2.24, 2.45) is 0 Å². The van der Waals surface area contributed by atoms with E-state index >= 15 is 0 Å². The molecule has 9 heteroatoms. The molecule has 2 heterocycles. The quantitative estimate of drug-likeness (QED) is 0.389. The van der Waals surface area contributed by atoms with Gasteiger partial charge in [0.15, 0.2) is 0 Å². The minimum atomic E-state index is -0.402. The van der Waals surface area contributed by atoms with Crippen LogP contribution in [0.1, 0.15) is 11.7 Å². The molecule has 0 spiro atoms. The van der Waals surface area contributed by atoms with Crippen molar-refractivity contribution in [1.29, 1.82) is 0 Å². The number of benzene rings is 2. The largest absolute Gasteiger partial charge is 0.278 e. The Morgan fingerprint density at radius 2 is 1.68 bits per heavy atom. The van der Waals surface area contributed by atoms with Gasteiger partial charge in [-0.05, 0) is 44.0 Å². The summed E-state index contributed by atoms with van der Waals surface area (Å²) in [5, 5.41) is 11.9. The molecule has 25 heavy (non-hydrogen) atoms. The SMILES string of the molecule is CC(=O)n1ncc2cc(Br)c(F)cc21.Fc1cc2[nH]ncc2cc1Br. The summed E-state index contributed by atoms with van der Waals surface area (Å²) in [6, 6.07) is 5.98.